The number of piperidine rings is 1. The van der Waals surface area contributed by atoms with Crippen LogP contribution in [0.1, 0.15) is 50.6 Å². The van der Waals surface area contributed by atoms with Gasteiger partial charge in [-0.25, -0.2) is 0 Å². The van der Waals surface area contributed by atoms with Crippen LogP contribution in [0.3, 0.4) is 0 Å². The normalized spacial score (nSPS) is 19.6. The minimum Gasteiger partial charge on any atom is -0.496 e. The molecule has 1 aromatic rings. The summed E-state index contributed by atoms with van der Waals surface area (Å²) < 4.78 is 5.48. The Hall–Kier alpha value is -2.57. The number of nitrogens with one attached hydrogen (secondary N) is 1. The summed E-state index contributed by atoms with van der Waals surface area (Å²) in [5.41, 5.74) is 0.808. The maximum atomic E-state index is 12.8. The van der Waals surface area contributed by atoms with E-state index in [0.717, 1.165) is 18.4 Å². The number of hydrogen-bond donors (Lipinski definition) is 2. The van der Waals surface area contributed by atoms with Crippen molar-refractivity contribution in [3.63, 3.8) is 0 Å². The van der Waals surface area contributed by atoms with Crippen molar-refractivity contribution in [3.8, 4) is 5.75 Å². The molecular weight excluding hydrogens is 348 g/mol. The largest absolute Gasteiger partial charge is 0.496 e. The Labute approximate surface area is 159 Å². The van der Waals surface area contributed by atoms with E-state index in [2.05, 4.69) is 12.2 Å². The van der Waals surface area contributed by atoms with E-state index < -0.39 is 17.9 Å². The molecule has 7 nitrogen and oxygen atoms in total. The Morgan fingerprint density at radius 3 is 2.74 bits per heavy atom. The summed E-state index contributed by atoms with van der Waals surface area (Å²) >= 11 is 0. The zero-order chi connectivity index (χ0) is 19.8. The van der Waals surface area contributed by atoms with E-state index in [1.807, 2.05) is 24.3 Å². The van der Waals surface area contributed by atoms with Crippen LogP contribution in [-0.2, 0) is 14.4 Å². The van der Waals surface area contributed by atoms with Crippen molar-refractivity contribution in [1.29, 1.82) is 0 Å². The van der Waals surface area contributed by atoms with Crippen LogP contribution >= 0.6 is 0 Å². The van der Waals surface area contributed by atoms with Gasteiger partial charge in [-0.2, -0.15) is 0 Å². The molecule has 1 fully saturated rings. The number of rotatable bonds is 9. The van der Waals surface area contributed by atoms with E-state index in [9.17, 15) is 14.4 Å². The second-order valence-electron chi connectivity index (χ2n) is 6.71. The molecule has 0 saturated carbocycles. The van der Waals surface area contributed by atoms with Crippen molar-refractivity contribution >= 4 is 17.8 Å². The molecule has 1 aromatic carbocycles. The van der Waals surface area contributed by atoms with Crippen molar-refractivity contribution in [3.05, 3.63) is 29.8 Å². The number of amides is 2. The van der Waals surface area contributed by atoms with Gasteiger partial charge in [0.25, 0.3) is 0 Å². The molecule has 0 aromatic heterocycles. The molecule has 0 aliphatic carbocycles. The minimum absolute atomic E-state index is 0.0361. The lowest BCUT2D eigenvalue weighted by molar-refractivity contribution is -0.143. The van der Waals surface area contributed by atoms with E-state index in [1.165, 1.54) is 0 Å². The highest BCUT2D eigenvalue weighted by Crippen LogP contribution is 2.40. The first kappa shape index (κ1) is 20.7. The Balaban J connectivity index is 2.33. The van der Waals surface area contributed by atoms with E-state index in [-0.39, 0.29) is 24.8 Å². The zero-order valence-electron chi connectivity index (χ0n) is 15.9. The van der Waals surface area contributed by atoms with Crippen LogP contribution in [0.4, 0.5) is 0 Å². The fourth-order valence-electron chi connectivity index (χ4n) is 3.54. The molecule has 2 rings (SSSR count). The first-order valence-electron chi connectivity index (χ1n) is 9.41. The highest BCUT2D eigenvalue weighted by atomic mass is 16.5. The molecule has 27 heavy (non-hydrogen) atoms. The molecule has 1 heterocycles. The predicted octanol–water partition coefficient (Wildman–Crippen LogP) is 2.37. The third-order valence-corrected chi connectivity index (χ3v) is 4.89. The lowest BCUT2D eigenvalue weighted by atomic mass is 9.83. The number of carboxylic acids is 1. The summed E-state index contributed by atoms with van der Waals surface area (Å²) in [6.07, 6.45) is 2.41. The van der Waals surface area contributed by atoms with Crippen LogP contribution < -0.4 is 10.1 Å². The van der Waals surface area contributed by atoms with Crippen molar-refractivity contribution < 1.29 is 24.2 Å². The molecule has 0 radical (unpaired) electrons. The summed E-state index contributed by atoms with van der Waals surface area (Å²) in [4.78, 5) is 37.9. The Bertz CT molecular complexity index is 676. The number of para-hydroxylation sites is 1. The minimum atomic E-state index is -0.958. The van der Waals surface area contributed by atoms with Gasteiger partial charge in [0.2, 0.25) is 11.8 Å². The summed E-state index contributed by atoms with van der Waals surface area (Å²) in [7, 11) is 1.57. The molecule has 148 valence electrons. The van der Waals surface area contributed by atoms with Gasteiger partial charge in [0.05, 0.1) is 25.5 Å². The number of carbonyl (C=O) groups excluding carboxylic acids is 2. The summed E-state index contributed by atoms with van der Waals surface area (Å²) in [5, 5.41) is 11.5. The highest BCUT2D eigenvalue weighted by molar-refractivity contribution is 5.85. The molecule has 2 amide bonds. The Kier molecular flexibility index (Phi) is 7.64. The number of benzene rings is 1. The molecule has 0 bridgehead atoms. The number of methoxy groups -OCH3 is 1. The monoisotopic (exact) mass is 376 g/mol. The van der Waals surface area contributed by atoms with Crippen LogP contribution in [0.5, 0.6) is 5.75 Å². The fourth-order valence-corrected chi connectivity index (χ4v) is 3.54. The molecule has 1 aliphatic heterocycles. The van der Waals surface area contributed by atoms with Gasteiger partial charge in [0.15, 0.2) is 0 Å². The number of aliphatic carboxylic acids is 1. The number of carbonyl (C=O) groups is 3. The van der Waals surface area contributed by atoms with Crippen molar-refractivity contribution in [2.45, 2.75) is 45.1 Å². The van der Waals surface area contributed by atoms with E-state index in [4.69, 9.17) is 9.84 Å². The number of unbranched alkanes of at least 4 members (excludes halogenated alkanes) is 1. The number of likely N-dealkylation sites (tertiary alicyclic amines) is 1. The summed E-state index contributed by atoms with van der Waals surface area (Å²) in [5.74, 6) is -0.943. The topological polar surface area (TPSA) is 95.9 Å². The first-order valence-corrected chi connectivity index (χ1v) is 9.41. The fraction of sp³-hybridized carbons (Fsp3) is 0.550. The standard InChI is InChI=1S/C20H28N2O5/c1-3-4-13-22-17(23)10-9-15(20(26)21-12-11-18(24)25)19(22)14-7-5-6-8-16(14)27-2/h5-8,15,19H,3-4,9-13H2,1-2H3,(H,21,26)(H,24,25)/t15-,19-/m0/s1. The summed E-state index contributed by atoms with van der Waals surface area (Å²) in [6, 6.07) is 7.02. The maximum absolute atomic E-state index is 12.8. The Morgan fingerprint density at radius 2 is 2.07 bits per heavy atom. The third-order valence-electron chi connectivity index (χ3n) is 4.89. The molecular formula is C20H28N2O5. The number of ether oxygens (including phenoxy) is 1. The van der Waals surface area contributed by atoms with E-state index >= 15 is 0 Å². The van der Waals surface area contributed by atoms with Gasteiger partial charge in [0, 0.05) is 25.1 Å². The average molecular weight is 376 g/mol. The van der Waals surface area contributed by atoms with Crippen molar-refractivity contribution in [1.82, 2.24) is 10.2 Å². The Morgan fingerprint density at radius 1 is 1.33 bits per heavy atom. The molecule has 0 unspecified atom stereocenters. The quantitative estimate of drug-likeness (QED) is 0.690. The highest BCUT2D eigenvalue weighted by Gasteiger charge is 2.41. The van der Waals surface area contributed by atoms with E-state index in [0.29, 0.717) is 25.1 Å². The second kappa shape index (κ2) is 9.94. The predicted molar refractivity (Wildman–Crippen MR) is 100 cm³/mol. The van der Waals surface area contributed by atoms with Gasteiger partial charge in [-0.05, 0) is 18.9 Å². The van der Waals surface area contributed by atoms with Gasteiger partial charge in [0.1, 0.15) is 5.75 Å². The molecule has 2 N–H and O–H groups in total. The van der Waals surface area contributed by atoms with Crippen LogP contribution in [0, 0.1) is 5.92 Å². The zero-order valence-corrected chi connectivity index (χ0v) is 15.9. The average Bonchev–Trinajstić information content (AvgIpc) is 2.66. The number of carboxylic acid groups (broad SMARTS) is 1. The van der Waals surface area contributed by atoms with E-state index in [1.54, 1.807) is 12.0 Å². The molecule has 1 aliphatic rings. The number of hydrogen-bond acceptors (Lipinski definition) is 4. The maximum Gasteiger partial charge on any atom is 0.305 e. The molecule has 1 saturated heterocycles. The SMILES string of the molecule is CCCCN1C(=O)CC[C@H](C(=O)NCCC(=O)O)[C@@H]1c1ccccc1OC. The van der Waals surface area contributed by atoms with Gasteiger partial charge in [-0.1, -0.05) is 31.5 Å². The van der Waals surface area contributed by atoms with Crippen molar-refractivity contribution in [2.75, 3.05) is 20.2 Å². The third kappa shape index (κ3) is 5.21. The van der Waals surface area contributed by atoms with Crippen LogP contribution in [0.15, 0.2) is 24.3 Å². The number of nitrogens with zero attached hydrogens (tertiary/aromatic N) is 1. The van der Waals surface area contributed by atoms with Crippen LogP contribution in [0.2, 0.25) is 0 Å². The van der Waals surface area contributed by atoms with Gasteiger partial charge in [-0.15, -0.1) is 0 Å². The van der Waals surface area contributed by atoms with Gasteiger partial charge >= 0.3 is 5.97 Å². The first-order chi connectivity index (χ1) is 13.0. The molecule has 7 heteroatoms. The van der Waals surface area contributed by atoms with Crippen molar-refractivity contribution in [2.24, 2.45) is 5.92 Å². The van der Waals surface area contributed by atoms with Crippen LogP contribution in [0.25, 0.3) is 0 Å². The van der Waals surface area contributed by atoms with Gasteiger partial charge < -0.3 is 20.1 Å². The second-order valence-corrected chi connectivity index (χ2v) is 6.71. The summed E-state index contributed by atoms with van der Waals surface area (Å²) in [6.45, 7) is 2.71. The smallest absolute Gasteiger partial charge is 0.305 e. The lowest BCUT2D eigenvalue weighted by Crippen LogP contribution is -2.48. The van der Waals surface area contributed by atoms with Gasteiger partial charge in [-0.3, -0.25) is 14.4 Å². The van der Waals surface area contributed by atoms with Crippen LogP contribution in [-0.4, -0.2) is 48.0 Å². The molecule has 0 spiro atoms. The lowest BCUT2D eigenvalue weighted by Gasteiger charge is -2.41. The molecule has 2 atom stereocenters.